The van der Waals surface area contributed by atoms with Crippen molar-refractivity contribution in [2.24, 2.45) is 5.73 Å². The summed E-state index contributed by atoms with van der Waals surface area (Å²) in [6, 6.07) is 17.7. The van der Waals surface area contributed by atoms with Crippen molar-refractivity contribution in [2.75, 3.05) is 49.6 Å². The highest BCUT2D eigenvalue weighted by Gasteiger charge is 2.28. The number of nitrogens with two attached hydrogens (primary N) is 1. The van der Waals surface area contributed by atoms with E-state index in [0.29, 0.717) is 37.8 Å². The molecule has 10 heteroatoms. The fourth-order valence-corrected chi connectivity index (χ4v) is 8.06. The Morgan fingerprint density at radius 3 is 2.60 bits per heavy atom. The van der Waals surface area contributed by atoms with E-state index in [0.717, 1.165) is 49.0 Å². The third kappa shape index (κ3) is 5.72. The topological polar surface area (TPSA) is 114 Å². The van der Waals surface area contributed by atoms with Crippen molar-refractivity contribution < 1.29 is 13.2 Å². The molecule has 2 aliphatic heterocycles. The first-order valence-electron chi connectivity index (χ1n) is 15.3. The summed E-state index contributed by atoms with van der Waals surface area (Å²) in [7, 11) is -3.60. The molecule has 0 bridgehead atoms. The van der Waals surface area contributed by atoms with Crippen LogP contribution < -0.4 is 16.0 Å². The highest BCUT2D eigenvalue weighted by Crippen LogP contribution is 2.39. The van der Waals surface area contributed by atoms with E-state index in [9.17, 15) is 8.42 Å². The number of rotatable bonds is 6. The van der Waals surface area contributed by atoms with Crippen LogP contribution in [0.5, 0.6) is 0 Å². The SMILES string of the molecule is N[C@H]1CCN(c2c3c(nc4ccc(-c5ccnc(Nc6cccc(S(=O)(=O)N7CCOCC7)c6)c5)cc24)CCCCC3)C1. The van der Waals surface area contributed by atoms with Crippen LogP contribution >= 0.6 is 0 Å². The Balaban J connectivity index is 1.21. The van der Waals surface area contributed by atoms with E-state index in [-0.39, 0.29) is 10.9 Å². The van der Waals surface area contributed by atoms with Crippen LogP contribution in [0.25, 0.3) is 22.0 Å². The highest BCUT2D eigenvalue weighted by molar-refractivity contribution is 7.89. The largest absolute Gasteiger partial charge is 0.379 e. The molecule has 1 atom stereocenters. The van der Waals surface area contributed by atoms with Gasteiger partial charge in [0.15, 0.2) is 0 Å². The number of hydrogen-bond donors (Lipinski definition) is 2. The molecule has 4 heterocycles. The smallest absolute Gasteiger partial charge is 0.243 e. The summed E-state index contributed by atoms with van der Waals surface area (Å²) < 4.78 is 33.2. The molecule has 0 saturated carbocycles. The van der Waals surface area contributed by atoms with E-state index in [1.165, 1.54) is 45.9 Å². The number of sulfonamides is 1. The maximum absolute atomic E-state index is 13.2. The molecule has 2 aromatic carbocycles. The second-order valence-electron chi connectivity index (χ2n) is 11.8. The number of anilines is 3. The number of morpholine rings is 1. The second kappa shape index (κ2) is 11.8. The van der Waals surface area contributed by atoms with Gasteiger partial charge in [-0.2, -0.15) is 4.31 Å². The van der Waals surface area contributed by atoms with Gasteiger partial charge in [0.2, 0.25) is 10.0 Å². The molecule has 0 radical (unpaired) electrons. The third-order valence-electron chi connectivity index (χ3n) is 8.83. The first kappa shape index (κ1) is 28.2. The van der Waals surface area contributed by atoms with Gasteiger partial charge < -0.3 is 20.7 Å². The van der Waals surface area contributed by atoms with Gasteiger partial charge in [-0.1, -0.05) is 18.6 Å². The van der Waals surface area contributed by atoms with Gasteiger partial charge in [0.1, 0.15) is 5.82 Å². The van der Waals surface area contributed by atoms with Gasteiger partial charge in [-0.25, -0.2) is 13.4 Å². The van der Waals surface area contributed by atoms with Crippen LogP contribution in [0.2, 0.25) is 0 Å². The standard InChI is InChI=1S/C33H38N6O3S/c34-25-12-14-38(22-25)33-28-7-2-1-3-8-30(28)37-31-10-9-23(19-29(31)33)24-11-13-35-32(20-24)36-26-5-4-6-27(21-26)43(40,41)39-15-17-42-18-16-39/h4-6,9-11,13,19-21,25H,1-3,7-8,12,14-18,22,34H2,(H,35,36)/t25-/m0/s1. The molecule has 2 saturated heterocycles. The average molecular weight is 599 g/mol. The van der Waals surface area contributed by atoms with E-state index in [1.54, 1.807) is 24.4 Å². The second-order valence-corrected chi connectivity index (χ2v) is 13.7. The molecule has 0 amide bonds. The summed E-state index contributed by atoms with van der Waals surface area (Å²) in [6.07, 6.45) is 8.52. The highest BCUT2D eigenvalue weighted by atomic mass is 32.2. The van der Waals surface area contributed by atoms with Crippen LogP contribution in [0, 0.1) is 0 Å². The number of aromatic nitrogens is 2. The molecular formula is C33H38N6O3S. The van der Waals surface area contributed by atoms with Crippen LogP contribution in [0.1, 0.15) is 36.9 Å². The molecule has 2 aromatic heterocycles. The van der Waals surface area contributed by atoms with Gasteiger partial charge in [-0.05, 0) is 91.3 Å². The molecule has 7 rings (SSSR count). The van der Waals surface area contributed by atoms with Crippen LogP contribution in [0.3, 0.4) is 0 Å². The predicted molar refractivity (Wildman–Crippen MR) is 170 cm³/mol. The lowest BCUT2D eigenvalue weighted by atomic mass is 9.97. The first-order chi connectivity index (χ1) is 21.0. The quantitative estimate of drug-likeness (QED) is 0.303. The molecule has 4 aromatic rings. The molecule has 9 nitrogen and oxygen atoms in total. The Bertz CT molecular complexity index is 1760. The lowest BCUT2D eigenvalue weighted by molar-refractivity contribution is 0.0730. The van der Waals surface area contributed by atoms with Crippen molar-refractivity contribution in [1.82, 2.24) is 14.3 Å². The summed E-state index contributed by atoms with van der Waals surface area (Å²) in [4.78, 5) is 12.4. The number of hydrogen-bond acceptors (Lipinski definition) is 8. The number of fused-ring (bicyclic) bond motifs is 2. The van der Waals surface area contributed by atoms with Gasteiger partial charge in [0.25, 0.3) is 0 Å². The zero-order valence-corrected chi connectivity index (χ0v) is 25.2. The van der Waals surface area contributed by atoms with E-state index >= 15 is 0 Å². The van der Waals surface area contributed by atoms with Crippen molar-refractivity contribution in [3.05, 3.63) is 72.1 Å². The van der Waals surface area contributed by atoms with E-state index in [4.69, 9.17) is 15.5 Å². The predicted octanol–water partition coefficient (Wildman–Crippen LogP) is 4.87. The lowest BCUT2D eigenvalue weighted by Gasteiger charge is -2.26. The third-order valence-corrected chi connectivity index (χ3v) is 10.7. The monoisotopic (exact) mass is 598 g/mol. The Morgan fingerprint density at radius 2 is 1.77 bits per heavy atom. The molecule has 2 fully saturated rings. The van der Waals surface area contributed by atoms with Gasteiger partial charge in [-0.3, -0.25) is 4.98 Å². The summed E-state index contributed by atoms with van der Waals surface area (Å²) in [6.45, 7) is 3.39. The van der Waals surface area contributed by atoms with Crippen molar-refractivity contribution >= 4 is 38.1 Å². The fraction of sp³-hybridized carbons (Fsp3) is 0.394. The van der Waals surface area contributed by atoms with E-state index in [2.05, 4.69) is 33.4 Å². The van der Waals surface area contributed by atoms with E-state index in [1.807, 2.05) is 18.2 Å². The Kier molecular flexibility index (Phi) is 7.77. The minimum atomic E-state index is -3.60. The molecule has 0 unspecified atom stereocenters. The van der Waals surface area contributed by atoms with Crippen LogP contribution in [0.15, 0.2) is 65.7 Å². The summed E-state index contributed by atoms with van der Waals surface area (Å²) in [5, 5.41) is 4.50. The molecule has 0 spiro atoms. The first-order valence-corrected chi connectivity index (χ1v) is 16.8. The zero-order chi connectivity index (χ0) is 29.4. The number of ether oxygens (including phenoxy) is 1. The molecular weight excluding hydrogens is 560 g/mol. The molecule has 1 aliphatic carbocycles. The fourth-order valence-electron chi connectivity index (χ4n) is 6.60. The minimum Gasteiger partial charge on any atom is -0.379 e. The zero-order valence-electron chi connectivity index (χ0n) is 24.3. The summed E-state index contributed by atoms with van der Waals surface area (Å²) in [5.41, 5.74) is 14.2. The van der Waals surface area contributed by atoms with Crippen molar-refractivity contribution in [3.8, 4) is 11.1 Å². The minimum absolute atomic E-state index is 0.198. The van der Waals surface area contributed by atoms with Crippen LogP contribution in [-0.4, -0.2) is 68.1 Å². The Morgan fingerprint density at radius 1 is 0.930 bits per heavy atom. The van der Waals surface area contributed by atoms with Crippen molar-refractivity contribution in [2.45, 2.75) is 49.5 Å². The van der Waals surface area contributed by atoms with E-state index < -0.39 is 10.0 Å². The Labute approximate surface area is 253 Å². The van der Waals surface area contributed by atoms with Gasteiger partial charge in [0, 0.05) is 55.2 Å². The van der Waals surface area contributed by atoms with Crippen LogP contribution in [0.4, 0.5) is 17.2 Å². The number of nitrogens with one attached hydrogen (secondary N) is 1. The van der Waals surface area contributed by atoms with Crippen molar-refractivity contribution in [1.29, 1.82) is 0 Å². The molecule has 43 heavy (non-hydrogen) atoms. The number of pyridine rings is 2. The average Bonchev–Trinajstić information content (AvgIpc) is 3.32. The van der Waals surface area contributed by atoms with Gasteiger partial charge in [-0.15, -0.1) is 0 Å². The van der Waals surface area contributed by atoms with Crippen molar-refractivity contribution in [3.63, 3.8) is 0 Å². The number of benzene rings is 2. The Hall–Kier alpha value is -3.57. The van der Waals surface area contributed by atoms with Gasteiger partial charge >= 0.3 is 0 Å². The van der Waals surface area contributed by atoms with Crippen LogP contribution in [-0.2, 0) is 27.6 Å². The summed E-state index contributed by atoms with van der Waals surface area (Å²) in [5.74, 6) is 0.643. The lowest BCUT2D eigenvalue weighted by Crippen LogP contribution is -2.40. The normalized spacial score (nSPS) is 19.7. The maximum atomic E-state index is 13.2. The summed E-state index contributed by atoms with van der Waals surface area (Å²) >= 11 is 0. The molecule has 224 valence electrons. The van der Waals surface area contributed by atoms with Gasteiger partial charge in [0.05, 0.1) is 29.3 Å². The molecule has 3 aliphatic rings. The maximum Gasteiger partial charge on any atom is 0.243 e. The molecule has 3 N–H and O–H groups in total. The number of nitrogens with zero attached hydrogens (tertiary/aromatic N) is 4. The number of aryl methyl sites for hydroxylation is 1.